The Balaban J connectivity index is 2.53. The smallest absolute Gasteiger partial charge is 0.191 e. The minimum absolute atomic E-state index is 0.223. The number of hydrogen-bond donors (Lipinski definition) is 3. The van der Waals surface area contributed by atoms with Crippen LogP contribution in [0.15, 0.2) is 21.5 Å². The zero-order valence-corrected chi connectivity index (χ0v) is 14.1. The van der Waals surface area contributed by atoms with Gasteiger partial charge in [-0.15, -0.1) is 0 Å². The Morgan fingerprint density at radius 3 is 2.73 bits per heavy atom. The molecule has 0 amide bonds. The molecule has 0 aromatic carbocycles. The van der Waals surface area contributed by atoms with Crippen LogP contribution in [0.25, 0.3) is 0 Å². The normalized spacial score (nSPS) is 14.7. The maximum Gasteiger partial charge on any atom is 0.191 e. The van der Waals surface area contributed by atoms with Gasteiger partial charge in [-0.25, -0.2) is 4.99 Å². The van der Waals surface area contributed by atoms with Gasteiger partial charge in [-0.2, -0.15) is 0 Å². The summed E-state index contributed by atoms with van der Waals surface area (Å²) >= 11 is 0. The van der Waals surface area contributed by atoms with Crippen LogP contribution in [0.3, 0.4) is 0 Å². The van der Waals surface area contributed by atoms with Gasteiger partial charge in [-0.05, 0) is 46.2 Å². The van der Waals surface area contributed by atoms with Crippen LogP contribution in [-0.2, 0) is 10.3 Å². The minimum Gasteiger partial charge on any atom is -0.463 e. The lowest BCUT2D eigenvalue weighted by molar-refractivity contribution is 0.0428. The number of guanidine groups is 1. The van der Waals surface area contributed by atoms with Crippen molar-refractivity contribution in [3.8, 4) is 0 Å². The van der Waals surface area contributed by atoms with E-state index in [0.717, 1.165) is 38.5 Å². The van der Waals surface area contributed by atoms with Crippen LogP contribution < -0.4 is 10.6 Å². The summed E-state index contributed by atoms with van der Waals surface area (Å²) < 4.78 is 10.8. The molecule has 126 valence electrons. The Labute approximate surface area is 133 Å². The molecule has 0 saturated carbocycles. The summed E-state index contributed by atoms with van der Waals surface area (Å²) in [6.45, 7) is 10.8. The molecule has 0 aliphatic heterocycles. The predicted octanol–water partition coefficient (Wildman–Crippen LogP) is 1.78. The fourth-order valence-corrected chi connectivity index (χ4v) is 1.90. The van der Waals surface area contributed by atoms with Crippen molar-refractivity contribution in [1.29, 1.82) is 0 Å². The van der Waals surface area contributed by atoms with Gasteiger partial charge in [0, 0.05) is 26.3 Å². The Morgan fingerprint density at radius 1 is 1.36 bits per heavy atom. The van der Waals surface area contributed by atoms with Crippen molar-refractivity contribution in [3.05, 3.63) is 23.7 Å². The van der Waals surface area contributed by atoms with Crippen LogP contribution in [0.2, 0.25) is 0 Å². The van der Waals surface area contributed by atoms with E-state index in [0.29, 0.717) is 11.7 Å². The van der Waals surface area contributed by atoms with E-state index >= 15 is 0 Å². The number of hydrogen-bond acceptors (Lipinski definition) is 4. The number of ether oxygens (including phenoxy) is 1. The van der Waals surface area contributed by atoms with Gasteiger partial charge in [0.05, 0.1) is 6.54 Å². The van der Waals surface area contributed by atoms with Gasteiger partial charge in [-0.3, -0.25) is 0 Å². The fourth-order valence-electron chi connectivity index (χ4n) is 1.90. The van der Waals surface area contributed by atoms with E-state index < -0.39 is 5.60 Å². The van der Waals surface area contributed by atoms with E-state index in [1.165, 1.54) is 0 Å². The lowest BCUT2D eigenvalue weighted by Crippen LogP contribution is -2.39. The Bertz CT molecular complexity index is 455. The van der Waals surface area contributed by atoms with Crippen LogP contribution in [0, 0.1) is 6.92 Å². The van der Waals surface area contributed by atoms with Crippen molar-refractivity contribution in [3.63, 3.8) is 0 Å². The molecule has 0 saturated heterocycles. The maximum absolute atomic E-state index is 10.5. The summed E-state index contributed by atoms with van der Waals surface area (Å²) in [7, 11) is 0. The number of aliphatic imine (C=N–C) groups is 1. The topological polar surface area (TPSA) is 79.0 Å². The zero-order valence-electron chi connectivity index (χ0n) is 14.1. The first-order valence-corrected chi connectivity index (χ1v) is 7.88. The third-order valence-corrected chi connectivity index (χ3v) is 3.12. The summed E-state index contributed by atoms with van der Waals surface area (Å²) in [5.74, 6) is 1.99. The number of rotatable bonds is 9. The molecular formula is C16H29N3O3. The minimum atomic E-state index is -1.12. The van der Waals surface area contributed by atoms with E-state index in [9.17, 15) is 5.11 Å². The molecule has 0 bridgehead atoms. The molecule has 3 N–H and O–H groups in total. The van der Waals surface area contributed by atoms with Gasteiger partial charge in [0.1, 0.15) is 17.1 Å². The van der Waals surface area contributed by atoms with Gasteiger partial charge in [-0.1, -0.05) is 0 Å². The Morgan fingerprint density at radius 2 is 2.14 bits per heavy atom. The molecule has 1 rings (SSSR count). The molecule has 0 radical (unpaired) electrons. The monoisotopic (exact) mass is 311 g/mol. The molecule has 0 spiro atoms. The summed E-state index contributed by atoms with van der Waals surface area (Å²) in [5.41, 5.74) is -1.12. The first kappa shape index (κ1) is 18.5. The molecule has 0 aliphatic carbocycles. The fraction of sp³-hybridized carbons (Fsp3) is 0.688. The highest BCUT2D eigenvalue weighted by atomic mass is 16.5. The lowest BCUT2D eigenvalue weighted by Gasteiger charge is -2.19. The van der Waals surface area contributed by atoms with E-state index in [2.05, 4.69) is 15.6 Å². The first-order valence-electron chi connectivity index (χ1n) is 7.88. The van der Waals surface area contributed by atoms with Crippen molar-refractivity contribution < 1.29 is 14.3 Å². The van der Waals surface area contributed by atoms with Crippen LogP contribution >= 0.6 is 0 Å². The Hall–Kier alpha value is -1.53. The van der Waals surface area contributed by atoms with Crippen LogP contribution in [0.5, 0.6) is 0 Å². The SMILES string of the molecule is CCNC(=NCC(C)(O)c1ccc(C)o1)NCCCOCC. The molecule has 1 heterocycles. The van der Waals surface area contributed by atoms with Gasteiger partial charge in [0.2, 0.25) is 0 Å². The van der Waals surface area contributed by atoms with Gasteiger partial charge < -0.3 is 24.9 Å². The third-order valence-electron chi connectivity index (χ3n) is 3.12. The average molecular weight is 311 g/mol. The first-order chi connectivity index (χ1) is 10.5. The van der Waals surface area contributed by atoms with Crippen molar-refractivity contribution in [1.82, 2.24) is 10.6 Å². The van der Waals surface area contributed by atoms with E-state index in [-0.39, 0.29) is 6.54 Å². The maximum atomic E-state index is 10.5. The number of aryl methyl sites for hydroxylation is 1. The van der Waals surface area contributed by atoms with E-state index in [4.69, 9.17) is 9.15 Å². The highest BCUT2D eigenvalue weighted by Crippen LogP contribution is 2.22. The molecule has 1 unspecified atom stereocenters. The number of furan rings is 1. The zero-order chi connectivity index (χ0) is 16.4. The van der Waals surface area contributed by atoms with Crippen LogP contribution in [0.1, 0.15) is 38.7 Å². The molecule has 0 aliphatic rings. The Kier molecular flexibility index (Phi) is 7.98. The van der Waals surface area contributed by atoms with Gasteiger partial charge in [0.15, 0.2) is 5.96 Å². The van der Waals surface area contributed by atoms with Gasteiger partial charge >= 0.3 is 0 Å². The second-order valence-electron chi connectivity index (χ2n) is 5.36. The van der Waals surface area contributed by atoms with Crippen molar-refractivity contribution >= 4 is 5.96 Å². The summed E-state index contributed by atoms with van der Waals surface area (Å²) in [4.78, 5) is 4.43. The van der Waals surface area contributed by atoms with E-state index in [1.807, 2.05) is 26.8 Å². The summed E-state index contributed by atoms with van der Waals surface area (Å²) in [6, 6.07) is 3.62. The molecule has 1 atom stereocenters. The highest BCUT2D eigenvalue weighted by Gasteiger charge is 2.26. The summed E-state index contributed by atoms with van der Waals surface area (Å²) in [5, 5.41) is 16.9. The number of aliphatic hydroxyl groups is 1. The second kappa shape index (κ2) is 9.48. The largest absolute Gasteiger partial charge is 0.463 e. The second-order valence-corrected chi connectivity index (χ2v) is 5.36. The molecule has 1 aromatic heterocycles. The van der Waals surface area contributed by atoms with Crippen molar-refractivity contribution in [2.24, 2.45) is 4.99 Å². The third kappa shape index (κ3) is 6.49. The molecular weight excluding hydrogens is 282 g/mol. The quantitative estimate of drug-likeness (QED) is 0.368. The molecule has 22 heavy (non-hydrogen) atoms. The van der Waals surface area contributed by atoms with Gasteiger partial charge in [0.25, 0.3) is 0 Å². The molecule has 1 aromatic rings. The van der Waals surface area contributed by atoms with E-state index in [1.54, 1.807) is 13.0 Å². The average Bonchev–Trinajstić information content (AvgIpc) is 2.92. The number of nitrogens with zero attached hydrogens (tertiary/aromatic N) is 1. The molecule has 0 fully saturated rings. The lowest BCUT2D eigenvalue weighted by atomic mass is 10.0. The van der Waals surface area contributed by atoms with Crippen LogP contribution in [0.4, 0.5) is 0 Å². The molecule has 6 heteroatoms. The standard InChI is InChI=1S/C16H29N3O3/c1-5-17-15(18-10-7-11-21-6-2)19-12-16(4,20)14-9-8-13(3)22-14/h8-9,20H,5-7,10-12H2,1-4H3,(H2,17,18,19). The summed E-state index contributed by atoms with van der Waals surface area (Å²) in [6.07, 6.45) is 0.909. The van der Waals surface area contributed by atoms with Crippen molar-refractivity contribution in [2.45, 2.75) is 39.7 Å². The van der Waals surface area contributed by atoms with Crippen LogP contribution in [-0.4, -0.2) is 43.9 Å². The molecule has 6 nitrogen and oxygen atoms in total. The number of nitrogens with one attached hydrogen (secondary N) is 2. The van der Waals surface area contributed by atoms with Crippen molar-refractivity contribution in [2.75, 3.05) is 32.8 Å². The highest BCUT2D eigenvalue weighted by molar-refractivity contribution is 5.79. The predicted molar refractivity (Wildman–Crippen MR) is 88.1 cm³/mol.